The zero-order chi connectivity index (χ0) is 57.1. The molecule has 0 saturated carbocycles. The first-order valence-electron chi connectivity index (χ1n) is 21.6. The predicted octanol–water partition coefficient (Wildman–Crippen LogP) is 8.80. The number of halogens is 10. The lowest BCUT2D eigenvalue weighted by atomic mass is 10.2. The zero-order valence-electron chi connectivity index (χ0n) is 41.3. The maximum Gasteiger partial charge on any atom is 0.431 e. The molecule has 1 fully saturated rings. The molecule has 1 aliphatic rings. The van der Waals surface area contributed by atoms with E-state index < -0.39 is 87.2 Å². The van der Waals surface area contributed by atoms with Gasteiger partial charge in [-0.2, -0.15) is 31.3 Å². The highest BCUT2D eigenvalue weighted by atomic mass is 35.5. The highest BCUT2D eigenvalue weighted by molar-refractivity contribution is 8.15. The van der Waals surface area contributed by atoms with E-state index in [-0.39, 0.29) is 74.6 Å². The number of nitrogens with zero attached hydrogens (tertiary/aromatic N) is 8. The van der Waals surface area contributed by atoms with Gasteiger partial charge in [-0.3, -0.25) is 38.1 Å². The van der Waals surface area contributed by atoms with Crippen molar-refractivity contribution < 1.29 is 59.4 Å². The van der Waals surface area contributed by atoms with Crippen molar-refractivity contribution in [1.29, 1.82) is 0 Å². The third-order valence-electron chi connectivity index (χ3n) is 10.1. The molecule has 0 spiro atoms. The Bertz CT molecular complexity index is 3050. The zero-order valence-corrected chi connectivity index (χ0v) is 44.4. The first-order chi connectivity index (χ1) is 34.1. The lowest BCUT2D eigenvalue weighted by Crippen LogP contribution is -2.42. The van der Waals surface area contributed by atoms with Crippen molar-refractivity contribution in [3.05, 3.63) is 111 Å². The Labute approximate surface area is 436 Å². The van der Waals surface area contributed by atoms with E-state index in [1.54, 1.807) is 6.92 Å². The number of amides is 1. The number of carboxylic acid groups (broad SMARTS) is 1. The molecule has 29 heteroatoms. The molecule has 2 aromatic heterocycles. The average Bonchev–Trinajstić information content (AvgIpc) is 3.64. The van der Waals surface area contributed by atoms with Crippen LogP contribution in [0.2, 0.25) is 10.0 Å². The number of ether oxygens (including phenoxy) is 1. The molecule has 5 rings (SSSR count). The number of carboxylic acids is 1. The van der Waals surface area contributed by atoms with E-state index in [1.807, 2.05) is 19.0 Å². The number of carbonyl (C=O) groups excluding carboxylic acids is 2. The Balaban J connectivity index is 0.000000396. The number of rotatable bonds is 11. The van der Waals surface area contributed by atoms with Gasteiger partial charge < -0.3 is 9.84 Å². The maximum atomic E-state index is 14.6. The summed E-state index contributed by atoms with van der Waals surface area (Å²) in [5, 5.41) is 10.6. The lowest BCUT2D eigenvalue weighted by Gasteiger charge is -2.28. The normalized spacial score (nSPS) is 13.5. The van der Waals surface area contributed by atoms with Crippen molar-refractivity contribution in [3.63, 3.8) is 0 Å². The van der Waals surface area contributed by atoms with Crippen molar-refractivity contribution in [1.82, 2.24) is 28.1 Å². The van der Waals surface area contributed by atoms with Crippen LogP contribution in [0.1, 0.15) is 73.7 Å². The Morgan fingerprint density at radius 2 is 1.19 bits per heavy atom. The standard InChI is InChI=1S/C18H13ClF4N4O5S.C13H6ClF4N3O2S.C8H19N.C6H12O2/c1-7(15(30)31)26-14(29)6-33-16(26)24-10-4-11(9(20)3-8(10)19)27-13(28)5-12(18(21,22)23)25(2)17(27)32;1-20-10(13(16,17)18)4-11(22)21(12(20)23)9-3-8(19-5-24)6(14)2-7(9)15;1-6-9(7(2)3)8(4)5;1-4-8-6(7)5(2)3/h3-5,7H,6H2,1-2H3,(H,30,31);2-4H,1H3;7-8H,6H2,1-5H3;5H,4H2,1-3H3. The molecule has 1 N–H and O–H groups in total. The molecule has 17 nitrogen and oxygen atoms in total. The first-order valence-corrected chi connectivity index (χ1v) is 23.8. The molecule has 3 heterocycles. The van der Waals surface area contributed by atoms with Crippen LogP contribution in [0.4, 0.5) is 46.5 Å². The third-order valence-corrected chi connectivity index (χ3v) is 11.7. The Hall–Kier alpha value is -5.99. The number of benzene rings is 2. The van der Waals surface area contributed by atoms with Crippen LogP contribution in [0.5, 0.6) is 0 Å². The van der Waals surface area contributed by atoms with E-state index >= 15 is 0 Å². The van der Waals surface area contributed by atoms with Crippen LogP contribution in [0, 0.1) is 17.6 Å². The number of aliphatic imine (C=N–C) groups is 2. The lowest BCUT2D eigenvalue weighted by molar-refractivity contribution is -0.147. The number of carbonyl (C=O) groups is 3. The SMILES string of the molecule is CC(C(=O)O)N1C(=O)CSC1=Nc1cc(-n2c(=O)cc(C(F)(F)F)n(C)c2=O)c(F)cc1Cl.CCN(C(C)C)C(C)C.CCOC(=O)C(C)C.Cn1c(C(F)(F)F)cc(=O)n(-c2cc(N=C=S)c(Cl)cc2F)c1=O. The smallest absolute Gasteiger partial charge is 0.431 e. The molecule has 0 aliphatic carbocycles. The van der Waals surface area contributed by atoms with Crippen molar-refractivity contribution in [3.8, 4) is 11.4 Å². The van der Waals surface area contributed by atoms with Crippen LogP contribution < -0.4 is 22.5 Å². The summed E-state index contributed by atoms with van der Waals surface area (Å²) in [4.78, 5) is 93.7. The molecule has 1 aliphatic heterocycles. The van der Waals surface area contributed by atoms with Gasteiger partial charge in [0.05, 0.1) is 56.2 Å². The fraction of sp³-hybridized carbons (Fsp3) is 0.444. The van der Waals surface area contributed by atoms with Gasteiger partial charge in [0.1, 0.15) is 29.1 Å². The van der Waals surface area contributed by atoms with Gasteiger partial charge in [0.2, 0.25) is 5.91 Å². The average molecular weight is 1130 g/mol. The summed E-state index contributed by atoms with van der Waals surface area (Å²) in [6.07, 6.45) is -9.92. The maximum absolute atomic E-state index is 14.6. The second-order valence-electron chi connectivity index (χ2n) is 16.2. The van der Waals surface area contributed by atoms with Crippen molar-refractivity contribution >= 4 is 86.7 Å². The number of thioether (sulfide) groups is 1. The van der Waals surface area contributed by atoms with E-state index in [4.69, 9.17) is 23.2 Å². The molecule has 74 heavy (non-hydrogen) atoms. The van der Waals surface area contributed by atoms with Crippen LogP contribution in [-0.2, 0) is 45.6 Å². The van der Waals surface area contributed by atoms with Crippen LogP contribution in [0.25, 0.3) is 11.4 Å². The predicted molar refractivity (Wildman–Crippen MR) is 267 cm³/mol. The molecule has 1 atom stereocenters. The van der Waals surface area contributed by atoms with Crippen LogP contribution in [-0.4, -0.2) is 98.4 Å². The molecular weight excluding hydrogens is 1080 g/mol. The fourth-order valence-electron chi connectivity index (χ4n) is 6.54. The number of thiocarbonyl (C=S) groups is 1. The second-order valence-corrected chi connectivity index (χ2v) is 18.1. The van der Waals surface area contributed by atoms with E-state index in [0.717, 1.165) is 55.5 Å². The van der Waals surface area contributed by atoms with Gasteiger partial charge in [0.25, 0.3) is 11.1 Å². The molecule has 4 aromatic rings. The number of hydrogen-bond acceptors (Lipinski definition) is 13. The van der Waals surface area contributed by atoms with Crippen LogP contribution in [0.15, 0.2) is 65.6 Å². The van der Waals surface area contributed by atoms with Gasteiger partial charge in [-0.15, -0.1) is 0 Å². The number of esters is 1. The summed E-state index contributed by atoms with van der Waals surface area (Å²) in [7, 11) is 1.58. The quantitative estimate of drug-likeness (QED) is 0.0649. The minimum atomic E-state index is -5.00. The highest BCUT2D eigenvalue weighted by Crippen LogP contribution is 2.34. The number of aliphatic carboxylic acids is 1. The Morgan fingerprint density at radius 1 is 0.770 bits per heavy atom. The molecule has 1 amide bonds. The van der Waals surface area contributed by atoms with Crippen LogP contribution in [0.3, 0.4) is 0 Å². The molecule has 2 aromatic carbocycles. The number of hydrogen-bond donors (Lipinski definition) is 1. The summed E-state index contributed by atoms with van der Waals surface area (Å²) in [5.74, 6) is -4.40. The van der Waals surface area contributed by atoms with Crippen molar-refractivity contribution in [2.45, 2.75) is 92.8 Å². The summed E-state index contributed by atoms with van der Waals surface area (Å²) < 4.78 is 112. The van der Waals surface area contributed by atoms with Gasteiger partial charge in [0.15, 0.2) is 5.17 Å². The monoisotopic (exact) mass is 1130 g/mol. The van der Waals surface area contributed by atoms with Crippen LogP contribution >= 0.6 is 47.2 Å². The first kappa shape index (κ1) is 64.1. The molecule has 406 valence electrons. The molecule has 1 unspecified atom stereocenters. The van der Waals surface area contributed by atoms with E-state index in [9.17, 15) is 73.8 Å². The molecule has 0 bridgehead atoms. The second kappa shape index (κ2) is 27.0. The molecular formula is C45H50Cl2F8N8O9S2. The van der Waals surface area contributed by atoms with Gasteiger partial charge in [-0.05, 0) is 84.6 Å². The summed E-state index contributed by atoms with van der Waals surface area (Å²) in [6, 6.07) is 3.62. The van der Waals surface area contributed by atoms with Gasteiger partial charge in [0, 0.05) is 38.3 Å². The van der Waals surface area contributed by atoms with E-state index in [2.05, 4.69) is 66.5 Å². The topological polar surface area (TPSA) is 200 Å². The number of alkyl halides is 6. The van der Waals surface area contributed by atoms with E-state index in [0.29, 0.717) is 24.8 Å². The Kier molecular flexibility index (Phi) is 23.4. The largest absolute Gasteiger partial charge is 0.480 e. The van der Waals surface area contributed by atoms with Crippen molar-refractivity contribution in [2.75, 3.05) is 18.9 Å². The van der Waals surface area contributed by atoms with E-state index in [1.165, 1.54) is 6.92 Å². The van der Waals surface area contributed by atoms with Gasteiger partial charge in [-0.25, -0.2) is 37.3 Å². The third kappa shape index (κ3) is 16.3. The van der Waals surface area contributed by atoms with Crippen molar-refractivity contribution in [2.24, 2.45) is 30.0 Å². The summed E-state index contributed by atoms with van der Waals surface area (Å²) in [6.45, 7) is 19.5. The van der Waals surface area contributed by atoms with Gasteiger partial charge in [-0.1, -0.05) is 55.7 Å². The summed E-state index contributed by atoms with van der Waals surface area (Å²) in [5.41, 5.74) is -10.3. The molecule has 1 saturated heterocycles. The highest BCUT2D eigenvalue weighted by Gasteiger charge is 2.38. The number of isothiocyanates is 1. The minimum Gasteiger partial charge on any atom is -0.480 e. The fourth-order valence-corrected chi connectivity index (χ4v) is 7.98. The summed E-state index contributed by atoms with van der Waals surface area (Å²) >= 11 is 17.0. The minimum absolute atomic E-state index is 0.00921. The molecule has 0 radical (unpaired) electrons. The number of aromatic nitrogens is 4. The number of amidine groups is 1. The Morgan fingerprint density at radius 3 is 1.51 bits per heavy atom. The van der Waals surface area contributed by atoms with Gasteiger partial charge >= 0.3 is 35.7 Å².